The van der Waals surface area contributed by atoms with Gasteiger partial charge in [0.25, 0.3) is 5.96 Å². The van der Waals surface area contributed by atoms with Crippen molar-refractivity contribution in [1.82, 2.24) is 16.0 Å². The highest BCUT2D eigenvalue weighted by atomic mass is 16.6. The van der Waals surface area contributed by atoms with E-state index in [-0.39, 0.29) is 32.2 Å². The second-order valence-electron chi connectivity index (χ2n) is 11.9. The fraction of sp³-hybridized carbons (Fsp3) is 0.469. The zero-order valence-electron chi connectivity index (χ0n) is 27.3. The van der Waals surface area contributed by atoms with Crippen LogP contribution in [-0.4, -0.2) is 67.8 Å². The molecule has 3 amide bonds. The van der Waals surface area contributed by atoms with Gasteiger partial charge in [0.15, 0.2) is 0 Å². The van der Waals surface area contributed by atoms with Crippen LogP contribution >= 0.6 is 0 Å². The summed E-state index contributed by atoms with van der Waals surface area (Å²) in [5, 5.41) is 11.0. The van der Waals surface area contributed by atoms with Crippen molar-refractivity contribution in [2.75, 3.05) is 20.3 Å². The van der Waals surface area contributed by atoms with E-state index in [1.807, 2.05) is 30.3 Å². The Bertz CT molecular complexity index is 1270. The summed E-state index contributed by atoms with van der Waals surface area (Å²) in [5.74, 6) is -0.342. The summed E-state index contributed by atoms with van der Waals surface area (Å²) in [6, 6.07) is 15.2. The van der Waals surface area contributed by atoms with Gasteiger partial charge >= 0.3 is 24.2 Å². The van der Waals surface area contributed by atoms with Gasteiger partial charge < -0.3 is 33.8 Å². The van der Waals surface area contributed by atoms with E-state index in [2.05, 4.69) is 21.1 Å². The van der Waals surface area contributed by atoms with Crippen LogP contribution in [0.15, 0.2) is 59.8 Å². The third-order valence-corrected chi connectivity index (χ3v) is 5.40. The lowest BCUT2D eigenvalue weighted by molar-refractivity contribution is -0.143. The molecule has 0 heterocycles. The van der Waals surface area contributed by atoms with Crippen LogP contribution in [0, 0.1) is 0 Å². The Morgan fingerprint density at radius 2 is 1.35 bits per heavy atom. The molecule has 2 aromatic carbocycles. The number of nitrogens with one attached hydrogen (secondary N) is 3. The molecular weight excluding hydrogens is 600 g/mol. The zero-order chi connectivity index (χ0) is 34.2. The van der Waals surface area contributed by atoms with Crippen LogP contribution < -0.4 is 20.7 Å². The number of carbonyl (C=O) groups is 4. The smallest absolute Gasteiger partial charge is 0.414 e. The molecule has 0 fully saturated rings. The van der Waals surface area contributed by atoms with Crippen molar-refractivity contribution < 1.29 is 47.7 Å². The first-order valence-corrected chi connectivity index (χ1v) is 14.6. The zero-order valence-corrected chi connectivity index (χ0v) is 27.3. The maximum atomic E-state index is 12.3. The highest BCUT2D eigenvalue weighted by molar-refractivity contribution is 6.01. The van der Waals surface area contributed by atoms with Crippen molar-refractivity contribution in [1.29, 1.82) is 0 Å². The summed E-state index contributed by atoms with van der Waals surface area (Å²) in [6.07, 6.45) is -1.82. The molecule has 3 N–H and O–H groups in total. The van der Waals surface area contributed by atoms with E-state index in [1.54, 1.807) is 65.8 Å². The number of guanidine groups is 1. The minimum absolute atomic E-state index is 0.0666. The molecule has 0 aliphatic heterocycles. The Morgan fingerprint density at radius 3 is 1.89 bits per heavy atom. The van der Waals surface area contributed by atoms with Crippen LogP contribution in [0.1, 0.15) is 59.1 Å². The number of esters is 1. The molecule has 14 nitrogen and oxygen atoms in total. The Labute approximate surface area is 269 Å². The monoisotopic (exact) mass is 644 g/mol. The predicted molar refractivity (Wildman–Crippen MR) is 168 cm³/mol. The lowest BCUT2D eigenvalue weighted by Crippen LogP contribution is -2.47. The Kier molecular flexibility index (Phi) is 14.6. The Balaban J connectivity index is 1.84. The van der Waals surface area contributed by atoms with Crippen LogP contribution in [0.25, 0.3) is 0 Å². The molecule has 0 radical (unpaired) electrons. The maximum absolute atomic E-state index is 12.3. The summed E-state index contributed by atoms with van der Waals surface area (Å²) >= 11 is 0. The quantitative estimate of drug-likeness (QED) is 0.0728. The number of rotatable bonds is 12. The van der Waals surface area contributed by atoms with E-state index in [0.29, 0.717) is 12.2 Å². The fourth-order valence-corrected chi connectivity index (χ4v) is 3.50. The van der Waals surface area contributed by atoms with Crippen LogP contribution in [0.3, 0.4) is 0 Å². The molecule has 0 aliphatic rings. The van der Waals surface area contributed by atoms with Gasteiger partial charge in [0.2, 0.25) is 0 Å². The molecule has 0 bridgehead atoms. The second-order valence-corrected chi connectivity index (χ2v) is 11.9. The van der Waals surface area contributed by atoms with Gasteiger partial charge in [0.05, 0.1) is 13.7 Å². The van der Waals surface area contributed by atoms with Gasteiger partial charge in [-0.3, -0.25) is 10.6 Å². The number of amides is 3. The van der Waals surface area contributed by atoms with Gasteiger partial charge in [-0.05, 0) is 70.0 Å². The largest absolute Gasteiger partial charge is 0.493 e. The predicted octanol–water partition coefficient (Wildman–Crippen LogP) is 4.80. The molecule has 252 valence electrons. The van der Waals surface area contributed by atoms with E-state index >= 15 is 0 Å². The number of methoxy groups -OCH3 is 1. The van der Waals surface area contributed by atoms with Gasteiger partial charge in [0, 0.05) is 12.8 Å². The molecule has 2 aromatic rings. The minimum atomic E-state index is -0.947. The van der Waals surface area contributed by atoms with Crippen molar-refractivity contribution in [2.45, 2.75) is 78.2 Å². The van der Waals surface area contributed by atoms with E-state index in [1.165, 1.54) is 7.11 Å². The summed E-state index contributed by atoms with van der Waals surface area (Å²) in [5.41, 5.74) is 0.0333. The highest BCUT2D eigenvalue weighted by Gasteiger charge is 2.23. The summed E-state index contributed by atoms with van der Waals surface area (Å²) in [4.78, 5) is 54.1. The number of carbonyl (C=O) groups excluding carboxylic acids is 4. The lowest BCUT2D eigenvalue weighted by atomic mass is 10.1. The molecule has 2 rings (SSSR count). The maximum Gasteiger partial charge on any atom is 0.414 e. The SMILES string of the molecule is COC(=O)[C@H](Cc1ccc(OCCCON=C(NC(=O)OC(C)(C)C)NC(=O)OC(C)(C)C)cc1)NC(=O)OCc1ccccc1. The molecule has 0 spiro atoms. The summed E-state index contributed by atoms with van der Waals surface area (Å²) in [6.45, 7) is 10.6. The lowest BCUT2D eigenvalue weighted by Gasteiger charge is -2.21. The van der Waals surface area contributed by atoms with Crippen molar-refractivity contribution in [3.05, 3.63) is 65.7 Å². The van der Waals surface area contributed by atoms with E-state index < -0.39 is 41.5 Å². The van der Waals surface area contributed by atoms with Gasteiger partial charge in [-0.25, -0.2) is 19.2 Å². The molecule has 0 aromatic heterocycles. The average molecular weight is 645 g/mol. The van der Waals surface area contributed by atoms with Gasteiger partial charge in [-0.15, -0.1) is 0 Å². The topological polar surface area (TPSA) is 172 Å². The summed E-state index contributed by atoms with van der Waals surface area (Å²) in [7, 11) is 1.24. The average Bonchev–Trinajstić information content (AvgIpc) is 2.96. The number of ether oxygens (including phenoxy) is 5. The second kappa shape index (κ2) is 18.1. The standard InChI is InChI=1S/C32H44N4O10/c1-31(2,3)45-29(39)34-27(35-30(40)46-32(4,5)6)36-44-19-11-18-42-24-16-14-22(15-17-24)20-25(26(37)41-7)33-28(38)43-21-23-12-9-8-10-13-23/h8-10,12-17,25H,11,18-21H2,1-7H3,(H,33,38)(H2,34,35,36,39,40)/t25-/m0/s1. The van der Waals surface area contributed by atoms with Crippen molar-refractivity contribution in [2.24, 2.45) is 5.16 Å². The normalized spacial score (nSPS) is 11.6. The molecule has 14 heteroatoms. The molecule has 0 saturated carbocycles. The van der Waals surface area contributed by atoms with Crippen LogP contribution in [-0.2, 0) is 41.6 Å². The van der Waals surface area contributed by atoms with Crippen LogP contribution in [0.4, 0.5) is 14.4 Å². The van der Waals surface area contributed by atoms with Gasteiger partial charge in [0.1, 0.15) is 36.2 Å². The van der Waals surface area contributed by atoms with E-state index in [9.17, 15) is 19.2 Å². The molecule has 1 atom stereocenters. The third-order valence-electron chi connectivity index (χ3n) is 5.40. The number of benzene rings is 2. The van der Waals surface area contributed by atoms with Crippen molar-refractivity contribution >= 4 is 30.2 Å². The summed E-state index contributed by atoms with van der Waals surface area (Å²) < 4.78 is 26.2. The molecule has 0 aliphatic carbocycles. The first-order chi connectivity index (χ1) is 21.6. The molecular formula is C32H44N4O10. The van der Waals surface area contributed by atoms with Gasteiger partial charge in [-0.1, -0.05) is 42.5 Å². The van der Waals surface area contributed by atoms with Crippen LogP contribution in [0.5, 0.6) is 5.75 Å². The molecule has 46 heavy (non-hydrogen) atoms. The number of alkyl carbamates (subject to hydrolysis) is 3. The molecule has 0 saturated heterocycles. The molecule has 0 unspecified atom stereocenters. The first kappa shape index (κ1) is 37.2. The van der Waals surface area contributed by atoms with Crippen molar-refractivity contribution in [3.8, 4) is 5.75 Å². The Hall–Kier alpha value is -5.01. The highest BCUT2D eigenvalue weighted by Crippen LogP contribution is 2.15. The number of nitrogens with zero attached hydrogens (tertiary/aromatic N) is 1. The van der Waals surface area contributed by atoms with Gasteiger partial charge in [-0.2, -0.15) is 0 Å². The van der Waals surface area contributed by atoms with E-state index in [0.717, 1.165) is 11.1 Å². The van der Waals surface area contributed by atoms with Crippen LogP contribution in [0.2, 0.25) is 0 Å². The van der Waals surface area contributed by atoms with E-state index in [4.69, 9.17) is 28.5 Å². The number of hydrogen-bond donors (Lipinski definition) is 3. The Morgan fingerprint density at radius 1 is 0.761 bits per heavy atom. The third kappa shape index (κ3) is 16.2. The number of oxime groups is 1. The number of hydrogen-bond acceptors (Lipinski definition) is 11. The minimum Gasteiger partial charge on any atom is -0.493 e. The fourth-order valence-electron chi connectivity index (χ4n) is 3.50. The van der Waals surface area contributed by atoms with Crippen molar-refractivity contribution in [3.63, 3.8) is 0 Å². The first-order valence-electron chi connectivity index (χ1n) is 14.6.